The van der Waals surface area contributed by atoms with E-state index in [4.69, 9.17) is 16.5 Å². The summed E-state index contributed by atoms with van der Waals surface area (Å²) in [5, 5.41) is 0.688. The molecule has 0 fully saturated rings. The van der Waals surface area contributed by atoms with E-state index in [9.17, 15) is 13.3 Å². The monoisotopic (exact) mass is 502 g/mol. The van der Waals surface area contributed by atoms with Gasteiger partial charge in [-0.05, 0) is 51.3 Å². The number of hydrogen-bond donors (Lipinski definition) is 1. The van der Waals surface area contributed by atoms with Gasteiger partial charge in [-0.2, -0.15) is 20.5 Å². The Morgan fingerprint density at radius 1 is 1.12 bits per heavy atom. The third-order valence-corrected chi connectivity index (χ3v) is 5.82. The molecular formula is C15H13BrClF2Na2O3PS. The van der Waals surface area contributed by atoms with E-state index in [1.54, 1.807) is 23.9 Å². The molecule has 2 rings (SSSR count). The molecule has 1 atom stereocenters. The van der Waals surface area contributed by atoms with Crippen LogP contribution in [-0.2, 0) is 16.1 Å². The van der Waals surface area contributed by atoms with Crippen molar-refractivity contribution in [1.82, 2.24) is 0 Å². The molecular weight excluding hydrogens is 491 g/mol. The second-order valence-electron chi connectivity index (χ2n) is 4.82. The molecule has 2 radical (unpaired) electrons. The summed E-state index contributed by atoms with van der Waals surface area (Å²) in [5.41, 5.74) is 2.07. The summed E-state index contributed by atoms with van der Waals surface area (Å²) in [5.74, 6) is 1.39. The van der Waals surface area contributed by atoms with Gasteiger partial charge in [0.1, 0.15) is 5.75 Å². The molecule has 0 aliphatic rings. The summed E-state index contributed by atoms with van der Waals surface area (Å²) in [7, 11) is -4.97. The predicted octanol–water partition coefficient (Wildman–Crippen LogP) is 5.56. The zero-order valence-electron chi connectivity index (χ0n) is 14.2. The molecule has 0 bridgehead atoms. The van der Waals surface area contributed by atoms with E-state index in [-0.39, 0.29) is 64.9 Å². The fraction of sp³-hybridized carbons (Fsp3) is 0.200. The first-order chi connectivity index (χ1) is 11.3. The van der Waals surface area contributed by atoms with E-state index in [2.05, 4.69) is 20.5 Å². The van der Waals surface area contributed by atoms with Crippen molar-refractivity contribution in [3.63, 3.8) is 0 Å². The van der Waals surface area contributed by atoms with Gasteiger partial charge in [-0.15, -0.1) is 0 Å². The van der Waals surface area contributed by atoms with Crippen molar-refractivity contribution in [2.24, 2.45) is 0 Å². The van der Waals surface area contributed by atoms with Crippen molar-refractivity contribution < 1.29 is 22.8 Å². The molecule has 3 nitrogen and oxygen atoms in total. The zero-order chi connectivity index (χ0) is 17.7. The van der Waals surface area contributed by atoms with Crippen LogP contribution in [0.25, 0.3) is 0 Å². The Labute approximate surface area is 212 Å². The van der Waals surface area contributed by atoms with Crippen LogP contribution in [-0.4, -0.2) is 70.2 Å². The van der Waals surface area contributed by atoms with Crippen molar-refractivity contribution in [3.8, 4) is 5.75 Å². The Balaban J connectivity index is 0.00000312. The van der Waals surface area contributed by atoms with Crippen LogP contribution in [0.1, 0.15) is 11.1 Å². The minimum atomic E-state index is -4.97. The maximum absolute atomic E-state index is 12.4. The molecule has 0 amide bonds. The van der Waals surface area contributed by atoms with Gasteiger partial charge < -0.3 is 9.42 Å². The Morgan fingerprint density at radius 2 is 1.65 bits per heavy atom. The van der Waals surface area contributed by atoms with E-state index in [1.165, 1.54) is 6.07 Å². The van der Waals surface area contributed by atoms with Gasteiger partial charge in [-0.25, -0.2) is 4.57 Å². The molecule has 132 valence electrons. The van der Waals surface area contributed by atoms with Crippen LogP contribution in [0.3, 0.4) is 0 Å². The van der Waals surface area contributed by atoms with Gasteiger partial charge in [0.05, 0.1) is 4.47 Å². The first kappa shape index (κ1) is 27.4. The SMILES string of the molecule is O=P(O)(Oc1ccc(CSCc2ccc(Cl)cc2)cc1Br)C(F)F.[Na].[Na]. The number of rotatable bonds is 7. The van der Waals surface area contributed by atoms with Crippen LogP contribution in [0, 0.1) is 0 Å². The van der Waals surface area contributed by atoms with E-state index < -0.39 is 13.8 Å². The number of halogens is 4. The minimum absolute atomic E-state index is 0. The van der Waals surface area contributed by atoms with E-state index in [0.717, 1.165) is 16.9 Å². The van der Waals surface area contributed by atoms with Crippen molar-refractivity contribution >= 4 is 106 Å². The number of benzene rings is 2. The van der Waals surface area contributed by atoms with Crippen molar-refractivity contribution in [2.45, 2.75) is 17.7 Å². The molecule has 0 saturated heterocycles. The molecule has 0 spiro atoms. The van der Waals surface area contributed by atoms with Gasteiger partial charge in [-0.3, -0.25) is 0 Å². The second-order valence-corrected chi connectivity index (χ2v) is 8.79. The molecule has 0 aliphatic carbocycles. The van der Waals surface area contributed by atoms with Gasteiger partial charge in [-0.1, -0.05) is 29.8 Å². The van der Waals surface area contributed by atoms with Gasteiger partial charge >= 0.3 is 13.8 Å². The van der Waals surface area contributed by atoms with E-state index in [0.29, 0.717) is 15.2 Å². The Kier molecular flexibility index (Phi) is 13.6. The summed E-state index contributed by atoms with van der Waals surface area (Å²) in [6.45, 7) is 0. The number of alkyl halides is 2. The third kappa shape index (κ3) is 8.83. The molecule has 0 aliphatic heterocycles. The summed E-state index contributed by atoms with van der Waals surface area (Å²) < 4.78 is 40.9. The minimum Gasteiger partial charge on any atom is -0.420 e. The van der Waals surface area contributed by atoms with Crippen LogP contribution in [0.4, 0.5) is 8.78 Å². The van der Waals surface area contributed by atoms with Gasteiger partial charge in [0.2, 0.25) is 0 Å². The molecule has 0 heterocycles. The molecule has 1 unspecified atom stereocenters. The Morgan fingerprint density at radius 3 is 2.19 bits per heavy atom. The Hall–Kier alpha value is 1.41. The summed E-state index contributed by atoms with van der Waals surface area (Å²) >= 11 is 10.7. The third-order valence-electron chi connectivity index (χ3n) is 2.92. The predicted molar refractivity (Wildman–Crippen MR) is 109 cm³/mol. The molecule has 0 aromatic heterocycles. The summed E-state index contributed by atoms with van der Waals surface area (Å²) in [6, 6.07) is 12.3. The average molecular weight is 504 g/mol. The maximum Gasteiger partial charge on any atom is 0.442 e. The maximum atomic E-state index is 12.4. The molecule has 2 aromatic rings. The zero-order valence-corrected chi connectivity index (χ0v) is 22.2. The standard InChI is InChI=1S/C15H13BrClF2O3PS.2Na/c16-13-7-11(3-6-14(13)22-23(20,21)15(18)19)9-24-8-10-1-4-12(17)5-2-10;;/h1-7,15H,8-9H2,(H,20,21);;. The van der Waals surface area contributed by atoms with Gasteiger partial charge in [0.25, 0.3) is 0 Å². The Bertz CT molecular complexity index is 756. The quantitative estimate of drug-likeness (QED) is 0.397. The molecule has 1 N–H and O–H groups in total. The summed E-state index contributed by atoms with van der Waals surface area (Å²) in [6.07, 6.45) is -3.45. The molecule has 26 heavy (non-hydrogen) atoms. The first-order valence-corrected chi connectivity index (χ1v) is 10.7. The van der Waals surface area contributed by atoms with Crippen LogP contribution in [0.15, 0.2) is 46.9 Å². The largest absolute Gasteiger partial charge is 0.442 e. The van der Waals surface area contributed by atoms with E-state index >= 15 is 0 Å². The molecule has 11 heteroatoms. The van der Waals surface area contributed by atoms with Gasteiger partial charge in [0.15, 0.2) is 0 Å². The van der Waals surface area contributed by atoms with Crippen molar-refractivity contribution in [3.05, 3.63) is 63.1 Å². The molecule has 0 saturated carbocycles. The first-order valence-electron chi connectivity index (χ1n) is 6.69. The smallest absolute Gasteiger partial charge is 0.420 e. The number of thioether (sulfide) groups is 1. The fourth-order valence-corrected chi connectivity index (χ4v) is 3.98. The van der Waals surface area contributed by atoms with Crippen LogP contribution < -0.4 is 4.52 Å². The average Bonchev–Trinajstić information content (AvgIpc) is 2.51. The number of hydrogen-bond acceptors (Lipinski definition) is 3. The van der Waals surface area contributed by atoms with Crippen LogP contribution in [0.5, 0.6) is 5.75 Å². The normalized spacial score (nSPS) is 12.7. The van der Waals surface area contributed by atoms with Gasteiger partial charge in [0, 0.05) is 75.6 Å². The second kappa shape index (κ2) is 12.9. The van der Waals surface area contributed by atoms with Crippen LogP contribution in [0.2, 0.25) is 5.02 Å². The molecule has 2 aromatic carbocycles. The van der Waals surface area contributed by atoms with Crippen molar-refractivity contribution in [2.75, 3.05) is 0 Å². The van der Waals surface area contributed by atoms with Crippen LogP contribution >= 0.6 is 46.9 Å². The topological polar surface area (TPSA) is 46.5 Å². The summed E-state index contributed by atoms with van der Waals surface area (Å²) in [4.78, 5) is 9.07. The van der Waals surface area contributed by atoms with Crippen molar-refractivity contribution in [1.29, 1.82) is 0 Å². The fourth-order valence-electron chi connectivity index (χ4n) is 1.76. The van der Waals surface area contributed by atoms with E-state index in [1.807, 2.05) is 24.3 Å².